The molecule has 0 saturated heterocycles. The summed E-state index contributed by atoms with van der Waals surface area (Å²) >= 11 is 0.731. The fourth-order valence-electron chi connectivity index (χ4n) is 2.05. The maximum atomic E-state index is 12.4. The fraction of sp³-hybridized carbons (Fsp3) is 0. The minimum atomic E-state index is -0.601. The van der Waals surface area contributed by atoms with Gasteiger partial charge in [-0.25, -0.2) is 9.78 Å². The number of nitrogens with zero attached hydrogens (tertiary/aromatic N) is 2. The van der Waals surface area contributed by atoms with Crippen molar-refractivity contribution in [3.05, 3.63) is 82.0 Å². The van der Waals surface area contributed by atoms with E-state index in [-0.39, 0.29) is 21.4 Å². The molecule has 0 fully saturated rings. The molecule has 1 heterocycles. The summed E-state index contributed by atoms with van der Waals surface area (Å²) in [6.07, 6.45) is 1.06. The number of thiazole rings is 1. The molecule has 3 aromatic rings. The first-order valence-corrected chi connectivity index (χ1v) is 8.14. The summed E-state index contributed by atoms with van der Waals surface area (Å²) in [4.78, 5) is 38.5. The topological polar surface area (TPSA) is 111 Å². The molecule has 3 rings (SSSR count). The summed E-state index contributed by atoms with van der Waals surface area (Å²) in [5.41, 5.74) is 0.452. The maximum Gasteiger partial charge on any atom is 0.345 e. The van der Waals surface area contributed by atoms with E-state index in [0.717, 1.165) is 17.5 Å². The number of carbonyl (C=O) groups is 2. The Morgan fingerprint density at radius 3 is 2.46 bits per heavy atom. The quantitative estimate of drug-likeness (QED) is 0.319. The highest BCUT2D eigenvalue weighted by Crippen LogP contribution is 2.27. The molecule has 0 bridgehead atoms. The first kappa shape index (κ1) is 17.2. The number of nitro groups is 1. The van der Waals surface area contributed by atoms with Crippen LogP contribution in [-0.2, 0) is 0 Å². The second-order valence-electron chi connectivity index (χ2n) is 4.97. The van der Waals surface area contributed by atoms with Crippen molar-refractivity contribution < 1.29 is 19.2 Å². The van der Waals surface area contributed by atoms with E-state index in [9.17, 15) is 19.7 Å². The summed E-state index contributed by atoms with van der Waals surface area (Å²) in [5, 5.41) is 13.0. The van der Waals surface area contributed by atoms with Gasteiger partial charge in [0.1, 0.15) is 11.9 Å². The molecule has 0 aliphatic carbocycles. The molecule has 0 radical (unpaired) electrons. The SMILES string of the molecule is O=C(Oc1ccccc1C(=O)Nc1ncc([N+](=O)[O-])s1)c1ccccc1. The average Bonchev–Trinajstić information content (AvgIpc) is 3.11. The number of esters is 1. The highest BCUT2D eigenvalue weighted by molar-refractivity contribution is 7.18. The smallest absolute Gasteiger partial charge is 0.345 e. The van der Waals surface area contributed by atoms with Crippen molar-refractivity contribution in [3.63, 3.8) is 0 Å². The summed E-state index contributed by atoms with van der Waals surface area (Å²) in [7, 11) is 0. The number of rotatable bonds is 5. The highest BCUT2D eigenvalue weighted by atomic mass is 32.1. The van der Waals surface area contributed by atoms with Crippen molar-refractivity contribution in [2.24, 2.45) is 0 Å². The second-order valence-corrected chi connectivity index (χ2v) is 5.98. The third-order valence-electron chi connectivity index (χ3n) is 3.24. The van der Waals surface area contributed by atoms with Gasteiger partial charge in [-0.1, -0.05) is 30.3 Å². The Hall–Kier alpha value is -3.59. The molecule has 0 unspecified atom stereocenters. The van der Waals surface area contributed by atoms with E-state index in [1.165, 1.54) is 12.1 Å². The Morgan fingerprint density at radius 2 is 1.77 bits per heavy atom. The van der Waals surface area contributed by atoms with Crippen LogP contribution in [0.3, 0.4) is 0 Å². The van der Waals surface area contributed by atoms with Gasteiger partial charge in [0.15, 0.2) is 5.13 Å². The standard InChI is InChI=1S/C17H11N3O5S/c21-15(19-17-18-10-14(26-17)20(23)24)12-8-4-5-9-13(12)25-16(22)11-6-2-1-3-7-11/h1-10H,(H,18,19,21). The fourth-order valence-corrected chi connectivity index (χ4v) is 2.68. The molecular formula is C17H11N3O5S. The van der Waals surface area contributed by atoms with Crippen molar-refractivity contribution in [1.29, 1.82) is 0 Å². The number of anilines is 1. The van der Waals surface area contributed by atoms with E-state index in [4.69, 9.17) is 4.74 Å². The van der Waals surface area contributed by atoms with E-state index in [1.54, 1.807) is 42.5 Å². The van der Waals surface area contributed by atoms with Crippen LogP contribution in [0.5, 0.6) is 5.75 Å². The Balaban J connectivity index is 1.78. The molecule has 0 saturated carbocycles. The normalized spacial score (nSPS) is 10.2. The number of hydrogen-bond donors (Lipinski definition) is 1. The van der Waals surface area contributed by atoms with E-state index in [1.807, 2.05) is 0 Å². The third-order valence-corrected chi connectivity index (χ3v) is 4.10. The van der Waals surface area contributed by atoms with Crippen LogP contribution in [0.2, 0.25) is 0 Å². The van der Waals surface area contributed by atoms with Gasteiger partial charge >= 0.3 is 11.0 Å². The van der Waals surface area contributed by atoms with Gasteiger partial charge in [-0.3, -0.25) is 20.2 Å². The average molecular weight is 369 g/mol. The lowest BCUT2D eigenvalue weighted by molar-refractivity contribution is -0.380. The first-order valence-electron chi connectivity index (χ1n) is 7.32. The number of nitrogens with one attached hydrogen (secondary N) is 1. The minimum Gasteiger partial charge on any atom is -0.422 e. The van der Waals surface area contributed by atoms with Crippen LogP contribution in [0.25, 0.3) is 0 Å². The molecular weight excluding hydrogens is 358 g/mol. The van der Waals surface area contributed by atoms with Crippen molar-refractivity contribution in [3.8, 4) is 5.75 Å². The summed E-state index contributed by atoms with van der Waals surface area (Å²) in [6.45, 7) is 0. The van der Waals surface area contributed by atoms with Crippen LogP contribution in [0.4, 0.5) is 10.1 Å². The molecule has 1 amide bonds. The van der Waals surface area contributed by atoms with Crippen LogP contribution >= 0.6 is 11.3 Å². The van der Waals surface area contributed by atoms with Gasteiger partial charge in [-0.15, -0.1) is 0 Å². The molecule has 1 aromatic heterocycles. The summed E-state index contributed by atoms with van der Waals surface area (Å²) in [6, 6.07) is 14.6. The summed E-state index contributed by atoms with van der Waals surface area (Å²) in [5.74, 6) is -1.12. The maximum absolute atomic E-state index is 12.4. The van der Waals surface area contributed by atoms with Crippen LogP contribution < -0.4 is 10.1 Å². The molecule has 26 heavy (non-hydrogen) atoms. The lowest BCUT2D eigenvalue weighted by Crippen LogP contribution is -2.16. The predicted octanol–water partition coefficient (Wildman–Crippen LogP) is 3.52. The van der Waals surface area contributed by atoms with E-state index < -0.39 is 16.8 Å². The Kier molecular flexibility index (Phi) is 4.99. The van der Waals surface area contributed by atoms with Crippen LogP contribution in [0.1, 0.15) is 20.7 Å². The van der Waals surface area contributed by atoms with Crippen LogP contribution in [0, 0.1) is 10.1 Å². The van der Waals surface area contributed by atoms with Crippen molar-refractivity contribution >= 4 is 33.3 Å². The van der Waals surface area contributed by atoms with Gasteiger partial charge in [0.2, 0.25) is 0 Å². The molecule has 0 atom stereocenters. The molecule has 0 aliphatic rings. The molecule has 8 nitrogen and oxygen atoms in total. The molecule has 2 aromatic carbocycles. The molecule has 1 N–H and O–H groups in total. The Morgan fingerprint density at radius 1 is 1.08 bits per heavy atom. The predicted molar refractivity (Wildman–Crippen MR) is 94.6 cm³/mol. The highest BCUT2D eigenvalue weighted by Gasteiger charge is 2.18. The van der Waals surface area contributed by atoms with Gasteiger partial charge in [0.25, 0.3) is 5.91 Å². The number of aromatic nitrogens is 1. The van der Waals surface area contributed by atoms with Crippen molar-refractivity contribution in [2.45, 2.75) is 0 Å². The zero-order valence-electron chi connectivity index (χ0n) is 13.1. The van der Waals surface area contributed by atoms with E-state index >= 15 is 0 Å². The van der Waals surface area contributed by atoms with Crippen LogP contribution in [-0.4, -0.2) is 21.8 Å². The number of amides is 1. The number of carbonyl (C=O) groups excluding carboxylic acids is 2. The third kappa shape index (κ3) is 3.90. The minimum absolute atomic E-state index is 0.0740. The Labute approximate surface area is 151 Å². The van der Waals surface area contributed by atoms with Gasteiger partial charge in [0.05, 0.1) is 16.1 Å². The lowest BCUT2D eigenvalue weighted by Gasteiger charge is -2.09. The van der Waals surface area contributed by atoms with Gasteiger partial charge < -0.3 is 4.74 Å². The number of para-hydroxylation sites is 1. The van der Waals surface area contributed by atoms with E-state index in [2.05, 4.69) is 10.3 Å². The molecule has 0 aliphatic heterocycles. The van der Waals surface area contributed by atoms with Gasteiger partial charge in [-0.2, -0.15) is 0 Å². The zero-order chi connectivity index (χ0) is 18.5. The number of hydrogen-bond acceptors (Lipinski definition) is 7. The van der Waals surface area contributed by atoms with Crippen LogP contribution in [0.15, 0.2) is 60.8 Å². The number of ether oxygens (including phenoxy) is 1. The van der Waals surface area contributed by atoms with Crippen molar-refractivity contribution in [2.75, 3.05) is 5.32 Å². The molecule has 9 heteroatoms. The largest absolute Gasteiger partial charge is 0.422 e. The first-order chi connectivity index (χ1) is 12.5. The second kappa shape index (κ2) is 7.53. The molecule has 130 valence electrons. The summed E-state index contributed by atoms with van der Waals surface area (Å²) < 4.78 is 5.31. The van der Waals surface area contributed by atoms with Gasteiger partial charge in [-0.05, 0) is 35.6 Å². The Bertz CT molecular complexity index is 971. The monoisotopic (exact) mass is 369 g/mol. The lowest BCUT2D eigenvalue weighted by atomic mass is 10.2. The van der Waals surface area contributed by atoms with Gasteiger partial charge in [0, 0.05) is 0 Å². The number of benzene rings is 2. The van der Waals surface area contributed by atoms with Crippen molar-refractivity contribution in [1.82, 2.24) is 4.98 Å². The zero-order valence-corrected chi connectivity index (χ0v) is 13.9. The van der Waals surface area contributed by atoms with E-state index in [0.29, 0.717) is 5.56 Å². The molecule has 0 spiro atoms.